The Kier molecular flexibility index (Phi) is 4.97. The fourth-order valence-corrected chi connectivity index (χ4v) is 5.23. The van der Waals surface area contributed by atoms with Crippen LogP contribution in [-0.4, -0.2) is 55.7 Å². The van der Waals surface area contributed by atoms with E-state index in [4.69, 9.17) is 4.98 Å². The number of hydrogen-bond donors (Lipinski definition) is 1. The lowest BCUT2D eigenvalue weighted by Crippen LogP contribution is -2.56. The van der Waals surface area contributed by atoms with E-state index in [1.165, 1.54) is 23.4 Å². The first kappa shape index (κ1) is 18.6. The second kappa shape index (κ2) is 7.76. The Morgan fingerprint density at radius 2 is 2.03 bits per heavy atom. The highest BCUT2D eigenvalue weighted by Crippen LogP contribution is 2.42. The number of rotatable bonds is 5. The van der Waals surface area contributed by atoms with Gasteiger partial charge in [-0.05, 0) is 49.6 Å². The molecule has 0 atom stereocenters. The minimum atomic E-state index is 0.122. The average Bonchev–Trinajstić information content (AvgIpc) is 3.45. The number of piperidine rings is 1. The molecule has 1 spiro atoms. The molecule has 6 heteroatoms. The molecule has 0 bridgehead atoms. The van der Waals surface area contributed by atoms with Crippen molar-refractivity contribution in [2.45, 2.75) is 44.7 Å². The second-order valence-corrected chi connectivity index (χ2v) is 8.40. The van der Waals surface area contributed by atoms with Crippen LogP contribution in [0.3, 0.4) is 0 Å². The minimum absolute atomic E-state index is 0.122. The Labute approximate surface area is 172 Å². The third-order valence-electron chi connectivity index (χ3n) is 6.66. The third-order valence-corrected chi connectivity index (χ3v) is 6.66. The maximum Gasteiger partial charge on any atom is 0.0926 e. The van der Waals surface area contributed by atoms with Crippen LogP contribution in [0.4, 0.5) is 0 Å². The van der Waals surface area contributed by atoms with Crippen molar-refractivity contribution in [1.82, 2.24) is 29.5 Å². The molecular weight excluding hydrogens is 360 g/mol. The molecule has 1 N–H and O–H groups in total. The van der Waals surface area contributed by atoms with Gasteiger partial charge in [0.2, 0.25) is 0 Å². The summed E-state index contributed by atoms with van der Waals surface area (Å²) >= 11 is 0. The molecule has 1 fully saturated rings. The standard InChI is InChI=1S/C23H30N6/c1-2-11-28-13-7-21-22(25-18-24-21)23(28)8-14-27(15-9-23)17-19-5-3-6-20(16-19)29-12-4-10-26-29/h3-6,10,12,16,18H,2,7-9,11,13-15,17H2,1H3,(H,24,25). The smallest absolute Gasteiger partial charge is 0.0926 e. The minimum Gasteiger partial charge on any atom is -0.348 e. The van der Waals surface area contributed by atoms with Crippen LogP contribution in [0.5, 0.6) is 0 Å². The molecule has 4 heterocycles. The summed E-state index contributed by atoms with van der Waals surface area (Å²) in [7, 11) is 0. The summed E-state index contributed by atoms with van der Waals surface area (Å²) in [6, 6.07) is 10.7. The highest BCUT2D eigenvalue weighted by Gasteiger charge is 2.46. The molecule has 29 heavy (non-hydrogen) atoms. The zero-order valence-electron chi connectivity index (χ0n) is 17.2. The van der Waals surface area contributed by atoms with Crippen molar-refractivity contribution in [2.75, 3.05) is 26.2 Å². The molecule has 6 nitrogen and oxygen atoms in total. The number of nitrogens with one attached hydrogen (secondary N) is 1. The number of benzene rings is 1. The summed E-state index contributed by atoms with van der Waals surface area (Å²) in [6.07, 6.45) is 10.3. The van der Waals surface area contributed by atoms with E-state index in [9.17, 15) is 0 Å². The van der Waals surface area contributed by atoms with E-state index in [1.807, 2.05) is 29.5 Å². The van der Waals surface area contributed by atoms with Crippen LogP contribution in [-0.2, 0) is 18.5 Å². The van der Waals surface area contributed by atoms with Crippen molar-refractivity contribution < 1.29 is 0 Å². The van der Waals surface area contributed by atoms with Crippen molar-refractivity contribution in [3.8, 4) is 5.69 Å². The van der Waals surface area contributed by atoms with Gasteiger partial charge >= 0.3 is 0 Å². The van der Waals surface area contributed by atoms with Crippen molar-refractivity contribution in [3.63, 3.8) is 0 Å². The average molecular weight is 391 g/mol. The van der Waals surface area contributed by atoms with E-state index in [-0.39, 0.29) is 5.54 Å². The molecule has 152 valence electrons. The molecule has 0 radical (unpaired) electrons. The fraction of sp³-hybridized carbons (Fsp3) is 0.478. The van der Waals surface area contributed by atoms with Crippen LogP contribution < -0.4 is 0 Å². The summed E-state index contributed by atoms with van der Waals surface area (Å²) in [5.74, 6) is 0. The first-order valence-electron chi connectivity index (χ1n) is 10.9. The molecule has 1 aromatic carbocycles. The van der Waals surface area contributed by atoms with Crippen LogP contribution in [0.25, 0.3) is 5.69 Å². The molecule has 2 aliphatic heterocycles. The number of nitrogens with zero attached hydrogens (tertiary/aromatic N) is 5. The lowest BCUT2D eigenvalue weighted by Gasteiger charge is -2.50. The molecule has 0 saturated carbocycles. The van der Waals surface area contributed by atoms with Crippen molar-refractivity contribution >= 4 is 0 Å². The maximum atomic E-state index is 4.79. The summed E-state index contributed by atoms with van der Waals surface area (Å²) in [6.45, 7) is 7.81. The molecule has 2 aliphatic rings. The van der Waals surface area contributed by atoms with Gasteiger partial charge in [-0.2, -0.15) is 5.10 Å². The Morgan fingerprint density at radius 1 is 1.14 bits per heavy atom. The molecule has 0 amide bonds. The lowest BCUT2D eigenvalue weighted by molar-refractivity contribution is 0.00352. The van der Waals surface area contributed by atoms with E-state index in [1.54, 1.807) is 0 Å². The predicted molar refractivity (Wildman–Crippen MR) is 114 cm³/mol. The molecule has 0 unspecified atom stereocenters. The summed E-state index contributed by atoms with van der Waals surface area (Å²) in [5, 5.41) is 4.36. The van der Waals surface area contributed by atoms with E-state index in [2.05, 4.69) is 51.1 Å². The Hall–Kier alpha value is -2.44. The number of fused-ring (bicyclic) bond motifs is 2. The second-order valence-electron chi connectivity index (χ2n) is 8.40. The van der Waals surface area contributed by atoms with Crippen LogP contribution in [0, 0.1) is 0 Å². The highest BCUT2D eigenvalue weighted by atomic mass is 15.3. The van der Waals surface area contributed by atoms with Gasteiger partial charge in [-0.25, -0.2) is 9.67 Å². The molecular formula is C23H30N6. The number of hydrogen-bond acceptors (Lipinski definition) is 4. The zero-order chi connectivity index (χ0) is 19.7. The SMILES string of the molecule is CCCN1CCc2[nH]cnc2C12CCN(Cc1cccc(-n3cccn3)c1)CC2. The monoisotopic (exact) mass is 390 g/mol. The van der Waals surface area contributed by atoms with Gasteiger partial charge in [0.1, 0.15) is 0 Å². The predicted octanol–water partition coefficient (Wildman–Crippen LogP) is 3.35. The summed E-state index contributed by atoms with van der Waals surface area (Å²) < 4.78 is 1.93. The maximum absolute atomic E-state index is 4.79. The van der Waals surface area contributed by atoms with Crippen molar-refractivity contribution in [3.05, 3.63) is 66.0 Å². The van der Waals surface area contributed by atoms with E-state index in [0.717, 1.165) is 57.7 Å². The van der Waals surface area contributed by atoms with Gasteiger partial charge in [0.25, 0.3) is 0 Å². The van der Waals surface area contributed by atoms with Gasteiger partial charge in [-0.3, -0.25) is 9.80 Å². The van der Waals surface area contributed by atoms with Gasteiger partial charge in [0.15, 0.2) is 0 Å². The Morgan fingerprint density at radius 3 is 2.83 bits per heavy atom. The van der Waals surface area contributed by atoms with Gasteiger partial charge in [-0.15, -0.1) is 0 Å². The van der Waals surface area contributed by atoms with Gasteiger partial charge in [-0.1, -0.05) is 19.1 Å². The number of imidazole rings is 1. The van der Waals surface area contributed by atoms with Crippen LogP contribution in [0.15, 0.2) is 49.1 Å². The third kappa shape index (κ3) is 3.40. The quantitative estimate of drug-likeness (QED) is 0.726. The zero-order valence-corrected chi connectivity index (χ0v) is 17.2. The number of aromatic amines is 1. The summed E-state index contributed by atoms with van der Waals surface area (Å²) in [4.78, 5) is 13.5. The number of H-pyrrole nitrogens is 1. The number of likely N-dealkylation sites (tertiary alicyclic amines) is 1. The first-order valence-corrected chi connectivity index (χ1v) is 10.9. The molecule has 0 aliphatic carbocycles. The summed E-state index contributed by atoms with van der Waals surface area (Å²) in [5.41, 5.74) is 5.28. The van der Waals surface area contributed by atoms with Crippen LogP contribution in [0.2, 0.25) is 0 Å². The van der Waals surface area contributed by atoms with E-state index in [0.29, 0.717) is 0 Å². The van der Waals surface area contributed by atoms with E-state index >= 15 is 0 Å². The molecule has 5 rings (SSSR count). The Balaban J connectivity index is 1.31. The molecule has 3 aromatic rings. The lowest BCUT2D eigenvalue weighted by atomic mass is 9.78. The van der Waals surface area contributed by atoms with Crippen molar-refractivity contribution in [2.24, 2.45) is 0 Å². The normalized spacial score (nSPS) is 19.5. The Bertz CT molecular complexity index is 936. The van der Waals surface area contributed by atoms with Gasteiger partial charge in [0.05, 0.1) is 23.2 Å². The van der Waals surface area contributed by atoms with E-state index < -0.39 is 0 Å². The van der Waals surface area contributed by atoms with Crippen LogP contribution in [0.1, 0.15) is 43.1 Å². The molecule has 2 aromatic heterocycles. The van der Waals surface area contributed by atoms with Gasteiger partial charge in [0, 0.05) is 50.7 Å². The first-order chi connectivity index (χ1) is 14.3. The highest BCUT2D eigenvalue weighted by molar-refractivity contribution is 5.35. The van der Waals surface area contributed by atoms with Crippen LogP contribution >= 0.6 is 0 Å². The topological polar surface area (TPSA) is 53.0 Å². The fourth-order valence-electron chi connectivity index (χ4n) is 5.23. The number of aromatic nitrogens is 4. The van der Waals surface area contributed by atoms with Crippen molar-refractivity contribution in [1.29, 1.82) is 0 Å². The van der Waals surface area contributed by atoms with Gasteiger partial charge < -0.3 is 4.98 Å². The molecule has 1 saturated heterocycles. The largest absolute Gasteiger partial charge is 0.348 e.